The Balaban J connectivity index is 0.0000221. The largest absolute Gasteiger partial charge is 1.00 e. The predicted octanol–water partition coefficient (Wildman–Crippen LogP) is 9.97. The van der Waals surface area contributed by atoms with Crippen LogP contribution in [0.1, 0.15) is 168 Å². The van der Waals surface area contributed by atoms with Crippen LogP contribution in [0, 0.1) is 11.8 Å². The van der Waals surface area contributed by atoms with E-state index >= 15 is 0 Å². The SMILES string of the molecule is CCCCC/C=C\C/C=C\CCCCCCCCOCC1C[N+](C)(C)C[C@H]1COCCCCCCCC/C=C\C/C=C\CCCCC.[Cl-]. The predicted molar refractivity (Wildman–Crippen MR) is 209 cm³/mol. The molecular weight excluding hydrogens is 610 g/mol. The molecule has 0 spiro atoms. The van der Waals surface area contributed by atoms with E-state index < -0.39 is 0 Å². The lowest BCUT2D eigenvalue weighted by molar-refractivity contribution is -0.880. The van der Waals surface area contributed by atoms with Gasteiger partial charge in [0.2, 0.25) is 0 Å². The van der Waals surface area contributed by atoms with Crippen LogP contribution in [0.25, 0.3) is 0 Å². The summed E-state index contributed by atoms with van der Waals surface area (Å²) in [6.45, 7) is 10.7. The minimum Gasteiger partial charge on any atom is -1.00 e. The van der Waals surface area contributed by atoms with Crippen LogP contribution in [0.15, 0.2) is 48.6 Å². The second-order valence-electron chi connectivity index (χ2n) is 15.1. The Hall–Kier alpha value is -0.870. The lowest BCUT2D eigenvalue weighted by atomic mass is 9.98. The smallest absolute Gasteiger partial charge is 0.0839 e. The number of hydrogen-bond donors (Lipinski definition) is 0. The third-order valence-electron chi connectivity index (χ3n) is 9.77. The van der Waals surface area contributed by atoms with E-state index in [0.29, 0.717) is 11.8 Å². The highest BCUT2D eigenvalue weighted by Gasteiger charge is 2.40. The van der Waals surface area contributed by atoms with E-state index in [4.69, 9.17) is 9.47 Å². The van der Waals surface area contributed by atoms with Crippen LogP contribution in [0.5, 0.6) is 0 Å². The highest BCUT2D eigenvalue weighted by molar-refractivity contribution is 4.93. The van der Waals surface area contributed by atoms with Crippen LogP contribution in [-0.4, -0.2) is 58.1 Å². The van der Waals surface area contributed by atoms with Gasteiger partial charge >= 0.3 is 0 Å². The van der Waals surface area contributed by atoms with Gasteiger partial charge in [-0.1, -0.05) is 140 Å². The standard InChI is InChI=1S/C44H82NO2.ClH/c1-5-7-9-11-13-15-17-19-21-23-25-27-29-31-33-35-37-46-41-43-39-45(3,4)40-44(43)42-47-38-36-34-32-30-28-26-24-22-20-18-16-14-12-10-8-6-2;/h13-16,19-22,43-44H,5-12,17-18,23-42H2,1-4H3;1H/q+1;/p-1/b15-13-,16-14-,21-19-,22-20-;/t43-,44?;/m0./s1. The van der Waals surface area contributed by atoms with Crippen LogP contribution in [0.2, 0.25) is 0 Å². The Morgan fingerprint density at radius 1 is 0.438 bits per heavy atom. The molecule has 0 radical (unpaired) electrons. The van der Waals surface area contributed by atoms with E-state index in [1.165, 1.54) is 154 Å². The maximum Gasteiger partial charge on any atom is 0.0839 e. The number of nitrogens with zero attached hydrogens (tertiary/aromatic N) is 1. The van der Waals surface area contributed by atoms with E-state index in [1.54, 1.807) is 0 Å². The maximum absolute atomic E-state index is 6.21. The molecule has 1 aliphatic heterocycles. The van der Waals surface area contributed by atoms with Crippen LogP contribution >= 0.6 is 0 Å². The second kappa shape index (κ2) is 35.9. The molecule has 4 heteroatoms. The van der Waals surface area contributed by atoms with Crippen LogP contribution in [-0.2, 0) is 9.47 Å². The normalized spacial score (nSPS) is 17.9. The van der Waals surface area contributed by atoms with Gasteiger partial charge in [0, 0.05) is 25.0 Å². The topological polar surface area (TPSA) is 18.5 Å². The van der Waals surface area contributed by atoms with Crippen molar-refractivity contribution in [1.82, 2.24) is 0 Å². The molecule has 1 unspecified atom stereocenters. The molecule has 0 amide bonds. The molecule has 1 aliphatic rings. The summed E-state index contributed by atoms with van der Waals surface area (Å²) in [4.78, 5) is 0. The molecular formula is C44H82ClNO2. The Labute approximate surface area is 307 Å². The monoisotopic (exact) mass is 692 g/mol. The molecule has 1 heterocycles. The first-order valence-corrected chi connectivity index (χ1v) is 20.7. The first-order chi connectivity index (χ1) is 23.1. The summed E-state index contributed by atoms with van der Waals surface area (Å²) in [5.74, 6) is 1.29. The molecule has 0 aliphatic carbocycles. The van der Waals surface area contributed by atoms with Crippen molar-refractivity contribution in [2.75, 3.05) is 53.6 Å². The highest BCUT2D eigenvalue weighted by atomic mass is 35.5. The Kier molecular flexibility index (Phi) is 35.3. The summed E-state index contributed by atoms with van der Waals surface area (Å²) < 4.78 is 13.5. The molecule has 2 atom stereocenters. The molecule has 0 aromatic carbocycles. The zero-order valence-corrected chi connectivity index (χ0v) is 33.4. The van der Waals surface area contributed by atoms with Crippen molar-refractivity contribution >= 4 is 0 Å². The van der Waals surface area contributed by atoms with Crippen molar-refractivity contribution < 1.29 is 26.4 Å². The molecule has 1 saturated heterocycles. The number of quaternary nitrogens is 1. The van der Waals surface area contributed by atoms with Gasteiger partial charge in [0.05, 0.1) is 40.4 Å². The third kappa shape index (κ3) is 31.1. The van der Waals surface area contributed by atoms with Gasteiger partial charge in [0.1, 0.15) is 0 Å². The number of likely N-dealkylation sites (tertiary alicyclic amines) is 1. The summed E-state index contributed by atoms with van der Waals surface area (Å²) in [6, 6.07) is 0. The fourth-order valence-corrected chi connectivity index (χ4v) is 6.87. The minimum absolute atomic E-state index is 0. The lowest BCUT2D eigenvalue weighted by Crippen LogP contribution is -3.00. The van der Waals surface area contributed by atoms with Crippen molar-refractivity contribution in [3.63, 3.8) is 0 Å². The number of rotatable bonds is 34. The first-order valence-electron chi connectivity index (χ1n) is 20.7. The zero-order valence-electron chi connectivity index (χ0n) is 32.6. The van der Waals surface area contributed by atoms with Crippen molar-refractivity contribution in [2.45, 2.75) is 168 Å². The average molecular weight is 693 g/mol. The molecule has 1 rings (SSSR count). The van der Waals surface area contributed by atoms with Crippen LogP contribution in [0.3, 0.4) is 0 Å². The maximum atomic E-state index is 6.21. The number of hydrogen-bond acceptors (Lipinski definition) is 2. The highest BCUT2D eigenvalue weighted by Crippen LogP contribution is 2.28. The van der Waals surface area contributed by atoms with Gasteiger partial charge in [-0.05, 0) is 77.0 Å². The summed E-state index contributed by atoms with van der Waals surface area (Å²) in [7, 11) is 4.75. The summed E-state index contributed by atoms with van der Waals surface area (Å²) >= 11 is 0. The second-order valence-corrected chi connectivity index (χ2v) is 15.1. The van der Waals surface area contributed by atoms with Crippen molar-refractivity contribution in [1.29, 1.82) is 0 Å². The Bertz CT molecular complexity index is 712. The summed E-state index contributed by atoms with van der Waals surface area (Å²) in [6.07, 6.45) is 49.9. The first kappa shape index (κ1) is 47.1. The third-order valence-corrected chi connectivity index (χ3v) is 9.77. The quantitative estimate of drug-likeness (QED) is 0.0380. The van der Waals surface area contributed by atoms with E-state index in [0.717, 1.165) is 43.8 Å². The molecule has 0 N–H and O–H groups in total. The van der Waals surface area contributed by atoms with E-state index in [-0.39, 0.29) is 12.4 Å². The summed E-state index contributed by atoms with van der Waals surface area (Å²) in [5, 5.41) is 0. The van der Waals surface area contributed by atoms with Gasteiger partial charge < -0.3 is 26.4 Å². The zero-order chi connectivity index (χ0) is 33.9. The number of unbranched alkanes of at least 4 members (excludes halogenated alkanes) is 18. The molecule has 3 nitrogen and oxygen atoms in total. The fraction of sp³-hybridized carbons (Fsp3) is 0.818. The molecule has 0 saturated carbocycles. The van der Waals surface area contributed by atoms with Crippen LogP contribution in [0.4, 0.5) is 0 Å². The van der Waals surface area contributed by atoms with Gasteiger partial charge in [0.15, 0.2) is 0 Å². The number of ether oxygens (including phenoxy) is 2. The number of allylic oxidation sites excluding steroid dienone is 8. The molecule has 0 aromatic heterocycles. The van der Waals surface area contributed by atoms with Gasteiger partial charge in [-0.25, -0.2) is 0 Å². The Morgan fingerprint density at radius 3 is 1.10 bits per heavy atom. The number of halogens is 1. The van der Waals surface area contributed by atoms with Crippen molar-refractivity contribution in [3.05, 3.63) is 48.6 Å². The van der Waals surface area contributed by atoms with Crippen molar-refractivity contribution in [3.8, 4) is 0 Å². The molecule has 1 fully saturated rings. The van der Waals surface area contributed by atoms with Crippen molar-refractivity contribution in [2.24, 2.45) is 11.8 Å². The average Bonchev–Trinajstić information content (AvgIpc) is 3.36. The van der Waals surface area contributed by atoms with Gasteiger partial charge in [-0.15, -0.1) is 0 Å². The van der Waals surface area contributed by atoms with E-state index in [1.807, 2.05) is 0 Å². The lowest BCUT2D eigenvalue weighted by Gasteiger charge is -2.23. The molecule has 282 valence electrons. The van der Waals surface area contributed by atoms with Gasteiger partial charge in [-0.2, -0.15) is 0 Å². The summed E-state index contributed by atoms with van der Waals surface area (Å²) in [5.41, 5.74) is 0. The van der Waals surface area contributed by atoms with E-state index in [2.05, 4.69) is 76.6 Å². The Morgan fingerprint density at radius 2 is 0.750 bits per heavy atom. The van der Waals surface area contributed by atoms with E-state index in [9.17, 15) is 0 Å². The van der Waals surface area contributed by atoms with Gasteiger partial charge in [-0.3, -0.25) is 0 Å². The van der Waals surface area contributed by atoms with Gasteiger partial charge in [0.25, 0.3) is 0 Å². The molecule has 0 aromatic rings. The minimum atomic E-state index is 0. The fourth-order valence-electron chi connectivity index (χ4n) is 6.87. The molecule has 48 heavy (non-hydrogen) atoms. The van der Waals surface area contributed by atoms with Crippen LogP contribution < -0.4 is 12.4 Å². The molecule has 0 bridgehead atoms.